The molecular formula is C15H9Cl2NO3. The van der Waals surface area contributed by atoms with E-state index in [0.717, 1.165) is 0 Å². The number of benzene rings is 2. The van der Waals surface area contributed by atoms with Crippen molar-refractivity contribution in [2.45, 2.75) is 0 Å². The molecule has 6 heteroatoms. The van der Waals surface area contributed by atoms with Crippen molar-refractivity contribution in [1.82, 2.24) is 0 Å². The van der Waals surface area contributed by atoms with E-state index in [0.29, 0.717) is 21.2 Å². The first-order chi connectivity index (χ1) is 9.97. The molecule has 2 aromatic carbocycles. The second kappa shape index (κ2) is 6.52. The fraction of sp³-hybridized carbons (Fsp3) is 0. The monoisotopic (exact) mass is 321 g/mol. The Morgan fingerprint density at radius 3 is 2.29 bits per heavy atom. The number of allylic oxidation sites excluding steroid dienone is 1. The molecule has 0 bridgehead atoms. The van der Waals surface area contributed by atoms with Gasteiger partial charge in [0.1, 0.15) is 0 Å². The molecule has 0 N–H and O–H groups in total. The van der Waals surface area contributed by atoms with Gasteiger partial charge in [-0.15, -0.1) is 0 Å². The molecule has 0 aliphatic carbocycles. The van der Waals surface area contributed by atoms with Crippen LogP contribution in [0.25, 0.3) is 6.08 Å². The number of nitrogens with zero attached hydrogens (tertiary/aromatic N) is 1. The van der Waals surface area contributed by atoms with Crippen molar-refractivity contribution in [3.05, 3.63) is 79.8 Å². The maximum absolute atomic E-state index is 12.0. The van der Waals surface area contributed by atoms with Crippen molar-refractivity contribution in [2.24, 2.45) is 0 Å². The molecule has 106 valence electrons. The molecule has 0 aromatic heterocycles. The quantitative estimate of drug-likeness (QED) is 0.352. The summed E-state index contributed by atoms with van der Waals surface area (Å²) in [6.45, 7) is 0. The lowest BCUT2D eigenvalue weighted by Gasteiger charge is -1.99. The van der Waals surface area contributed by atoms with Crippen LogP contribution < -0.4 is 0 Å². The van der Waals surface area contributed by atoms with Crippen LogP contribution in [0.1, 0.15) is 15.9 Å². The Bertz CT molecular complexity index is 724. The van der Waals surface area contributed by atoms with Crippen molar-refractivity contribution in [2.75, 3.05) is 0 Å². The number of carbonyl (C=O) groups excluding carboxylic acids is 1. The molecule has 2 aromatic rings. The van der Waals surface area contributed by atoms with Gasteiger partial charge in [0.05, 0.1) is 15.0 Å². The average Bonchev–Trinajstić information content (AvgIpc) is 2.48. The van der Waals surface area contributed by atoms with Gasteiger partial charge in [0.15, 0.2) is 5.78 Å². The lowest BCUT2D eigenvalue weighted by molar-refractivity contribution is -0.384. The highest BCUT2D eigenvalue weighted by Crippen LogP contribution is 2.23. The van der Waals surface area contributed by atoms with Crippen molar-refractivity contribution in [3.8, 4) is 0 Å². The van der Waals surface area contributed by atoms with Gasteiger partial charge >= 0.3 is 0 Å². The maximum Gasteiger partial charge on any atom is 0.269 e. The predicted molar refractivity (Wildman–Crippen MR) is 82.9 cm³/mol. The van der Waals surface area contributed by atoms with Crippen molar-refractivity contribution < 1.29 is 9.72 Å². The molecule has 0 unspecified atom stereocenters. The van der Waals surface area contributed by atoms with Gasteiger partial charge in [0.25, 0.3) is 5.69 Å². The van der Waals surface area contributed by atoms with Crippen LogP contribution in [0, 0.1) is 10.1 Å². The number of ketones is 1. The molecular weight excluding hydrogens is 313 g/mol. The molecule has 0 amide bonds. The summed E-state index contributed by atoms with van der Waals surface area (Å²) in [5, 5.41) is 11.2. The summed E-state index contributed by atoms with van der Waals surface area (Å²) < 4.78 is 0. The van der Waals surface area contributed by atoms with Gasteiger partial charge in [0.2, 0.25) is 0 Å². The number of halogens is 2. The largest absolute Gasteiger partial charge is 0.289 e. The van der Waals surface area contributed by atoms with E-state index in [2.05, 4.69) is 0 Å². The van der Waals surface area contributed by atoms with Crippen LogP contribution in [0.4, 0.5) is 5.69 Å². The number of hydrogen-bond donors (Lipinski definition) is 0. The zero-order valence-electron chi connectivity index (χ0n) is 10.6. The van der Waals surface area contributed by atoms with Crippen LogP contribution in [-0.2, 0) is 0 Å². The van der Waals surface area contributed by atoms with E-state index < -0.39 is 4.92 Å². The fourth-order valence-electron chi connectivity index (χ4n) is 1.62. The fourth-order valence-corrected chi connectivity index (χ4v) is 1.92. The Kier molecular flexibility index (Phi) is 4.73. The summed E-state index contributed by atoms with van der Waals surface area (Å²) in [6.07, 6.45) is 2.95. The summed E-state index contributed by atoms with van der Waals surface area (Å²) in [5.74, 6) is -0.230. The van der Waals surface area contributed by atoms with Gasteiger partial charge in [-0.3, -0.25) is 14.9 Å². The minimum atomic E-state index is -0.478. The smallest absolute Gasteiger partial charge is 0.269 e. The van der Waals surface area contributed by atoms with Gasteiger partial charge in [-0.05, 0) is 42.0 Å². The second-order valence-corrected chi connectivity index (χ2v) is 4.99. The van der Waals surface area contributed by atoms with Crippen LogP contribution in [0.15, 0.2) is 48.5 Å². The van der Waals surface area contributed by atoms with Gasteiger partial charge in [0, 0.05) is 17.7 Å². The predicted octanol–water partition coefficient (Wildman–Crippen LogP) is 4.80. The first-order valence-corrected chi connectivity index (χ1v) is 6.65. The first kappa shape index (κ1) is 15.2. The number of hydrogen-bond acceptors (Lipinski definition) is 3. The third-order valence-electron chi connectivity index (χ3n) is 2.74. The molecule has 0 radical (unpaired) electrons. The molecule has 2 rings (SSSR count). The van der Waals surface area contributed by atoms with Crippen molar-refractivity contribution in [3.63, 3.8) is 0 Å². The highest BCUT2D eigenvalue weighted by atomic mass is 35.5. The van der Waals surface area contributed by atoms with Crippen LogP contribution in [-0.4, -0.2) is 10.7 Å². The zero-order chi connectivity index (χ0) is 15.4. The maximum atomic E-state index is 12.0. The zero-order valence-corrected chi connectivity index (χ0v) is 12.1. The van der Waals surface area contributed by atoms with Gasteiger partial charge in [-0.1, -0.05) is 29.3 Å². The molecule has 0 saturated heterocycles. The van der Waals surface area contributed by atoms with E-state index in [9.17, 15) is 14.9 Å². The molecule has 0 aliphatic rings. The third-order valence-corrected chi connectivity index (χ3v) is 3.47. The van der Waals surface area contributed by atoms with Gasteiger partial charge in [-0.25, -0.2) is 0 Å². The average molecular weight is 322 g/mol. The molecule has 0 spiro atoms. The van der Waals surface area contributed by atoms with Crippen LogP contribution in [0.3, 0.4) is 0 Å². The minimum absolute atomic E-state index is 0.00274. The van der Waals surface area contributed by atoms with Crippen LogP contribution >= 0.6 is 23.2 Å². The Hall–Kier alpha value is -2.17. The number of non-ortho nitro benzene ring substituents is 1. The second-order valence-electron chi connectivity index (χ2n) is 4.18. The topological polar surface area (TPSA) is 60.2 Å². The summed E-state index contributed by atoms with van der Waals surface area (Å²) >= 11 is 11.6. The Labute approximate surface area is 130 Å². The van der Waals surface area contributed by atoms with E-state index >= 15 is 0 Å². The number of rotatable bonds is 4. The number of nitro groups is 1. The van der Waals surface area contributed by atoms with Crippen molar-refractivity contribution >= 4 is 40.7 Å². The summed E-state index contributed by atoms with van der Waals surface area (Å²) in [4.78, 5) is 22.0. The summed E-state index contributed by atoms with van der Waals surface area (Å²) in [7, 11) is 0. The molecule has 21 heavy (non-hydrogen) atoms. The van der Waals surface area contributed by atoms with E-state index in [1.807, 2.05) is 0 Å². The molecule has 4 nitrogen and oxygen atoms in total. The molecule has 0 fully saturated rings. The Balaban J connectivity index is 2.14. The molecule has 0 atom stereocenters. The molecule has 0 aliphatic heterocycles. The molecule has 0 saturated carbocycles. The first-order valence-electron chi connectivity index (χ1n) is 5.89. The number of carbonyl (C=O) groups is 1. The highest BCUT2D eigenvalue weighted by molar-refractivity contribution is 6.42. The van der Waals surface area contributed by atoms with E-state index in [1.54, 1.807) is 30.3 Å². The summed E-state index contributed by atoms with van der Waals surface area (Å²) in [5.41, 5.74) is 1.11. The van der Waals surface area contributed by atoms with E-state index in [1.165, 1.54) is 24.3 Å². The standard InChI is InChI=1S/C15H9Cl2NO3/c16-13-7-4-11(9-14(13)17)15(19)8-3-10-1-5-12(6-2-10)18(20)21/h1-9H. The highest BCUT2D eigenvalue weighted by Gasteiger charge is 2.06. The van der Waals surface area contributed by atoms with Crippen molar-refractivity contribution in [1.29, 1.82) is 0 Å². The third kappa shape index (κ3) is 3.90. The lowest BCUT2D eigenvalue weighted by atomic mass is 10.1. The van der Waals surface area contributed by atoms with E-state index in [4.69, 9.17) is 23.2 Å². The van der Waals surface area contributed by atoms with Gasteiger partial charge < -0.3 is 0 Å². The Morgan fingerprint density at radius 2 is 1.71 bits per heavy atom. The van der Waals surface area contributed by atoms with E-state index in [-0.39, 0.29) is 11.5 Å². The van der Waals surface area contributed by atoms with Crippen LogP contribution in [0.2, 0.25) is 10.0 Å². The Morgan fingerprint density at radius 1 is 1.05 bits per heavy atom. The number of nitro benzene ring substituents is 1. The van der Waals surface area contributed by atoms with Gasteiger partial charge in [-0.2, -0.15) is 0 Å². The van der Waals surface area contributed by atoms with Crippen LogP contribution in [0.5, 0.6) is 0 Å². The summed E-state index contributed by atoms with van der Waals surface area (Å²) in [6, 6.07) is 10.5. The lowest BCUT2D eigenvalue weighted by Crippen LogP contribution is -1.94. The molecule has 0 heterocycles. The minimum Gasteiger partial charge on any atom is -0.289 e. The normalized spacial score (nSPS) is 10.8. The SMILES string of the molecule is O=C(C=Cc1ccc([N+](=O)[O-])cc1)c1ccc(Cl)c(Cl)c1.